The Morgan fingerprint density at radius 2 is 1.58 bits per heavy atom. The van der Waals surface area contributed by atoms with Crippen LogP contribution in [0.2, 0.25) is 0 Å². The minimum absolute atomic E-state index is 0.0535. The van der Waals surface area contributed by atoms with Crippen LogP contribution in [0.4, 0.5) is 0 Å². The van der Waals surface area contributed by atoms with Crippen LogP contribution in [-0.4, -0.2) is 48.6 Å². The number of allylic oxidation sites excluding steroid dienone is 6. The Bertz CT molecular complexity index is 609. The van der Waals surface area contributed by atoms with Crippen LogP contribution in [0.15, 0.2) is 36.5 Å². The van der Waals surface area contributed by atoms with Crippen molar-refractivity contribution in [2.45, 2.75) is 77.2 Å². The van der Waals surface area contributed by atoms with Gasteiger partial charge in [0, 0.05) is 13.0 Å². The van der Waals surface area contributed by atoms with Crippen LogP contribution in [0.1, 0.15) is 71.1 Å². The molecular formula is C23H42NO8P. The van der Waals surface area contributed by atoms with E-state index in [4.69, 9.17) is 15.7 Å². The molecule has 0 fully saturated rings. The molecule has 0 aromatic rings. The summed E-state index contributed by atoms with van der Waals surface area (Å²) in [6.45, 7) is 1.24. The molecular weight excluding hydrogens is 449 g/mol. The number of hydrogen-bond donors (Lipinski definition) is 3. The van der Waals surface area contributed by atoms with Gasteiger partial charge in [-0.2, -0.15) is 0 Å². The Hall–Kier alpha value is -1.32. The van der Waals surface area contributed by atoms with Crippen molar-refractivity contribution in [1.82, 2.24) is 0 Å². The summed E-state index contributed by atoms with van der Waals surface area (Å²) in [5.74, 6) is -0.426. The Balaban J connectivity index is 3.68. The highest BCUT2D eigenvalue weighted by Crippen LogP contribution is 2.42. The third-order valence-corrected chi connectivity index (χ3v) is 5.39. The van der Waals surface area contributed by atoms with Crippen molar-refractivity contribution >= 4 is 13.8 Å². The van der Waals surface area contributed by atoms with Gasteiger partial charge in [0.05, 0.1) is 13.2 Å². The van der Waals surface area contributed by atoms with Gasteiger partial charge in [-0.1, -0.05) is 62.6 Å². The molecule has 0 aromatic heterocycles. The molecule has 0 bridgehead atoms. The molecule has 2 atom stereocenters. The first-order chi connectivity index (χ1) is 15.9. The minimum Gasteiger partial charge on any atom is -0.463 e. The van der Waals surface area contributed by atoms with Crippen molar-refractivity contribution in [1.29, 1.82) is 0 Å². The zero-order valence-corrected chi connectivity index (χ0v) is 20.7. The number of ether oxygens (including phenoxy) is 1. The second-order valence-corrected chi connectivity index (χ2v) is 8.85. The van der Waals surface area contributed by atoms with E-state index in [0.717, 1.165) is 51.4 Å². The molecule has 0 heterocycles. The molecule has 0 aromatic carbocycles. The maximum Gasteiger partial charge on any atom is 0.472 e. The van der Waals surface area contributed by atoms with E-state index in [1.54, 1.807) is 0 Å². The van der Waals surface area contributed by atoms with Crippen LogP contribution in [0.5, 0.6) is 0 Å². The summed E-state index contributed by atoms with van der Waals surface area (Å²) in [5, 5.41) is 8.81. The van der Waals surface area contributed by atoms with Crippen molar-refractivity contribution in [3.8, 4) is 0 Å². The van der Waals surface area contributed by atoms with Gasteiger partial charge < -0.3 is 15.4 Å². The van der Waals surface area contributed by atoms with Crippen molar-refractivity contribution in [2.24, 2.45) is 5.73 Å². The Kier molecular flexibility index (Phi) is 21.6. The Labute approximate surface area is 198 Å². The molecule has 0 aliphatic carbocycles. The third-order valence-electron chi connectivity index (χ3n) is 4.41. The summed E-state index contributed by atoms with van der Waals surface area (Å²) in [6.07, 6.45) is 21.3. The monoisotopic (exact) mass is 491 g/mol. The average Bonchev–Trinajstić information content (AvgIpc) is 2.80. The number of phosphoric ester groups is 1. The van der Waals surface area contributed by atoms with Gasteiger partial charge in [0.25, 0.3) is 0 Å². The summed E-state index contributed by atoms with van der Waals surface area (Å²) >= 11 is 0. The zero-order chi connectivity index (χ0) is 24.6. The molecule has 4 N–H and O–H groups in total. The molecule has 0 amide bonds. The van der Waals surface area contributed by atoms with Crippen LogP contribution in [0.3, 0.4) is 0 Å². The molecule has 0 aliphatic heterocycles. The Morgan fingerprint density at radius 1 is 0.939 bits per heavy atom. The maximum atomic E-state index is 11.8. The van der Waals surface area contributed by atoms with Crippen molar-refractivity contribution in [3.05, 3.63) is 36.5 Å². The number of hydrogen-bond acceptors (Lipinski definition) is 8. The van der Waals surface area contributed by atoms with E-state index in [-0.39, 0.29) is 26.2 Å². The molecule has 0 spiro atoms. The summed E-state index contributed by atoms with van der Waals surface area (Å²) in [5.41, 5.74) is 5.17. The average molecular weight is 492 g/mol. The number of nitrogens with two attached hydrogens (primary N) is 1. The lowest BCUT2D eigenvalue weighted by atomic mass is 10.1. The maximum absolute atomic E-state index is 11.8. The summed E-state index contributed by atoms with van der Waals surface area (Å²) in [4.78, 5) is 25.3. The number of rotatable bonds is 22. The van der Waals surface area contributed by atoms with E-state index < -0.39 is 26.5 Å². The van der Waals surface area contributed by atoms with E-state index in [1.807, 2.05) is 0 Å². The lowest BCUT2D eigenvalue weighted by molar-refractivity contribution is -0.290. The minimum atomic E-state index is -4.29. The predicted molar refractivity (Wildman–Crippen MR) is 129 cm³/mol. The van der Waals surface area contributed by atoms with Gasteiger partial charge in [-0.25, -0.2) is 9.45 Å². The molecule has 33 heavy (non-hydrogen) atoms. The highest BCUT2D eigenvalue weighted by atomic mass is 31.2. The van der Waals surface area contributed by atoms with Crippen LogP contribution >= 0.6 is 7.82 Å². The largest absolute Gasteiger partial charge is 0.472 e. The first-order valence-electron chi connectivity index (χ1n) is 11.7. The molecule has 0 radical (unpaired) electrons. The van der Waals surface area contributed by atoms with Gasteiger partial charge in [0.2, 0.25) is 0 Å². The van der Waals surface area contributed by atoms with E-state index in [0.29, 0.717) is 6.42 Å². The molecule has 0 saturated carbocycles. The fraction of sp³-hybridized carbons (Fsp3) is 0.696. The number of esters is 1. The molecule has 0 rings (SSSR count). The molecule has 192 valence electrons. The van der Waals surface area contributed by atoms with E-state index in [1.165, 1.54) is 0 Å². The molecule has 9 nitrogen and oxygen atoms in total. The van der Waals surface area contributed by atoms with E-state index in [2.05, 4.69) is 57.3 Å². The first kappa shape index (κ1) is 31.7. The van der Waals surface area contributed by atoms with Gasteiger partial charge >= 0.3 is 13.8 Å². The molecule has 0 aliphatic rings. The van der Waals surface area contributed by atoms with Gasteiger partial charge in [0.15, 0.2) is 6.10 Å². The fourth-order valence-corrected chi connectivity index (χ4v) is 3.40. The van der Waals surface area contributed by atoms with Gasteiger partial charge in [-0.3, -0.25) is 19.1 Å². The van der Waals surface area contributed by atoms with Crippen molar-refractivity contribution in [2.75, 3.05) is 26.4 Å². The van der Waals surface area contributed by atoms with E-state index in [9.17, 15) is 14.3 Å². The number of phosphoric acid groups is 1. The quantitative estimate of drug-likeness (QED) is 0.0473. The highest BCUT2D eigenvalue weighted by Gasteiger charge is 2.24. The molecule has 10 heteroatoms. The zero-order valence-electron chi connectivity index (χ0n) is 19.8. The van der Waals surface area contributed by atoms with E-state index >= 15 is 0 Å². The summed E-state index contributed by atoms with van der Waals surface area (Å²) < 4.78 is 25.7. The lowest BCUT2D eigenvalue weighted by Crippen LogP contribution is -2.26. The van der Waals surface area contributed by atoms with Crippen LogP contribution in [0, 0.1) is 0 Å². The fourth-order valence-electron chi connectivity index (χ4n) is 2.64. The smallest absolute Gasteiger partial charge is 0.463 e. The first-order valence-corrected chi connectivity index (χ1v) is 13.2. The normalized spacial score (nSPS) is 14.9. The Morgan fingerprint density at radius 3 is 2.24 bits per heavy atom. The summed E-state index contributed by atoms with van der Waals surface area (Å²) in [7, 11) is -4.29. The SMILES string of the molecule is CCC=CCC=CCC=CCCCCCCCC(=O)OC[C@H](COP(=O)(O)OCCN)OO. The number of carbonyl (C=O) groups excluding carboxylic acids is 1. The van der Waals surface area contributed by atoms with Crippen LogP contribution < -0.4 is 5.73 Å². The van der Waals surface area contributed by atoms with Gasteiger partial charge in [-0.05, 0) is 38.5 Å². The number of carbonyl (C=O) groups is 1. The second-order valence-electron chi connectivity index (χ2n) is 7.40. The summed E-state index contributed by atoms with van der Waals surface area (Å²) in [6, 6.07) is 0. The van der Waals surface area contributed by atoms with Crippen LogP contribution in [-0.2, 0) is 28.0 Å². The van der Waals surface area contributed by atoms with Crippen molar-refractivity contribution in [3.63, 3.8) is 0 Å². The standard InChI is InChI=1S/C23H42NO8P/c1-2-3-4-5-6-7-8-9-10-11-12-13-14-15-16-17-23(25)29-20-22(32-26)21-31-33(27,28)30-19-18-24/h3-4,6-7,9-10,22,26H,2,5,8,11-21,24H2,1H3,(H,27,28)/t22-/m1/s1. The van der Waals surface area contributed by atoms with Crippen molar-refractivity contribution < 1.29 is 38.2 Å². The number of unbranched alkanes of at least 4 members (excludes halogenated alkanes) is 5. The topological polar surface area (TPSA) is 138 Å². The third kappa shape index (κ3) is 22.2. The second kappa shape index (κ2) is 22.5. The lowest BCUT2D eigenvalue weighted by Gasteiger charge is -2.16. The molecule has 0 saturated heterocycles. The van der Waals surface area contributed by atoms with Gasteiger partial charge in [0.1, 0.15) is 6.61 Å². The highest BCUT2D eigenvalue weighted by molar-refractivity contribution is 7.47. The van der Waals surface area contributed by atoms with Gasteiger partial charge in [-0.15, -0.1) is 0 Å². The van der Waals surface area contributed by atoms with Crippen LogP contribution in [0.25, 0.3) is 0 Å². The predicted octanol–water partition coefficient (Wildman–Crippen LogP) is 5.07. The molecule has 1 unspecified atom stereocenters.